The Kier molecular flexibility index (Phi) is 4.39. The topological polar surface area (TPSA) is 55.6 Å². The molecule has 2 aromatic rings. The van der Waals surface area contributed by atoms with Crippen molar-refractivity contribution in [2.75, 3.05) is 18.1 Å². The third kappa shape index (κ3) is 3.74. The molecule has 19 heavy (non-hydrogen) atoms. The summed E-state index contributed by atoms with van der Waals surface area (Å²) in [5.41, 5.74) is 6.14. The molecule has 0 atom stereocenters. The fraction of sp³-hybridized carbons (Fsp3) is 0.133. The Labute approximate surface area is 112 Å². The summed E-state index contributed by atoms with van der Waals surface area (Å²) in [5, 5.41) is 0. The molecule has 2 N–H and O–H groups in total. The van der Waals surface area contributed by atoms with E-state index in [1.54, 1.807) is 12.1 Å². The SMILES string of the molecule is NC(=O)N(CCOc1cc[c]cc1)c1ccccc1. The molecular weight excluding hydrogens is 240 g/mol. The molecule has 0 saturated carbocycles. The number of anilines is 1. The van der Waals surface area contributed by atoms with Crippen LogP contribution < -0.4 is 15.4 Å². The maximum absolute atomic E-state index is 11.4. The van der Waals surface area contributed by atoms with Crippen LogP contribution in [0.5, 0.6) is 5.75 Å². The number of benzene rings is 2. The summed E-state index contributed by atoms with van der Waals surface area (Å²) < 4.78 is 5.54. The van der Waals surface area contributed by atoms with E-state index in [1.165, 1.54) is 4.90 Å². The maximum Gasteiger partial charge on any atom is 0.319 e. The number of hydrogen-bond acceptors (Lipinski definition) is 2. The number of para-hydroxylation sites is 1. The Bertz CT molecular complexity index is 514. The predicted molar refractivity (Wildman–Crippen MR) is 74.1 cm³/mol. The summed E-state index contributed by atoms with van der Waals surface area (Å²) in [7, 11) is 0. The monoisotopic (exact) mass is 255 g/mol. The first kappa shape index (κ1) is 13.0. The van der Waals surface area contributed by atoms with Crippen LogP contribution in [0.1, 0.15) is 0 Å². The van der Waals surface area contributed by atoms with Gasteiger partial charge in [-0.25, -0.2) is 4.79 Å². The van der Waals surface area contributed by atoms with Crippen LogP contribution in [0.2, 0.25) is 0 Å². The zero-order valence-corrected chi connectivity index (χ0v) is 10.5. The Morgan fingerprint density at radius 1 is 1.16 bits per heavy atom. The van der Waals surface area contributed by atoms with Gasteiger partial charge in [0.15, 0.2) is 0 Å². The number of carbonyl (C=O) groups excluding carboxylic acids is 1. The van der Waals surface area contributed by atoms with Crippen LogP contribution in [0, 0.1) is 6.07 Å². The van der Waals surface area contributed by atoms with E-state index < -0.39 is 6.03 Å². The van der Waals surface area contributed by atoms with Crippen LogP contribution in [0.25, 0.3) is 0 Å². The van der Waals surface area contributed by atoms with Gasteiger partial charge in [0.05, 0.1) is 6.54 Å². The van der Waals surface area contributed by atoms with Crippen molar-refractivity contribution in [2.45, 2.75) is 0 Å². The lowest BCUT2D eigenvalue weighted by molar-refractivity contribution is 0.251. The molecule has 0 heterocycles. The molecule has 4 nitrogen and oxygen atoms in total. The van der Waals surface area contributed by atoms with Gasteiger partial charge >= 0.3 is 6.03 Å². The molecule has 0 bridgehead atoms. The molecular formula is C15H15N2O2. The highest BCUT2D eigenvalue weighted by molar-refractivity contribution is 5.90. The van der Waals surface area contributed by atoms with Crippen molar-refractivity contribution < 1.29 is 9.53 Å². The first-order valence-corrected chi connectivity index (χ1v) is 5.98. The van der Waals surface area contributed by atoms with E-state index in [4.69, 9.17) is 10.5 Å². The van der Waals surface area contributed by atoms with E-state index in [1.807, 2.05) is 42.5 Å². The van der Waals surface area contributed by atoms with Crippen LogP contribution in [0.3, 0.4) is 0 Å². The van der Waals surface area contributed by atoms with Crippen molar-refractivity contribution in [2.24, 2.45) is 5.73 Å². The Balaban J connectivity index is 1.94. The van der Waals surface area contributed by atoms with Crippen LogP contribution in [-0.2, 0) is 0 Å². The van der Waals surface area contributed by atoms with Gasteiger partial charge in [0.1, 0.15) is 12.4 Å². The number of urea groups is 1. The highest BCUT2D eigenvalue weighted by atomic mass is 16.5. The van der Waals surface area contributed by atoms with Crippen molar-refractivity contribution in [1.29, 1.82) is 0 Å². The number of nitrogens with two attached hydrogens (primary N) is 1. The zero-order valence-electron chi connectivity index (χ0n) is 10.5. The van der Waals surface area contributed by atoms with Crippen molar-refractivity contribution in [1.82, 2.24) is 0 Å². The fourth-order valence-electron chi connectivity index (χ4n) is 1.70. The number of carbonyl (C=O) groups is 1. The second kappa shape index (κ2) is 6.44. The van der Waals surface area contributed by atoms with Gasteiger partial charge in [-0.15, -0.1) is 0 Å². The number of hydrogen-bond donors (Lipinski definition) is 1. The largest absolute Gasteiger partial charge is 0.492 e. The standard InChI is InChI=1S/C15H15N2O2/c16-15(18)17(13-7-3-1-4-8-13)11-12-19-14-9-5-2-6-10-14/h1,3-10H,11-12H2,(H2,16,18). The number of amides is 2. The Morgan fingerprint density at radius 2 is 1.84 bits per heavy atom. The number of ether oxygens (including phenoxy) is 1. The minimum atomic E-state index is -0.490. The highest BCUT2D eigenvalue weighted by Crippen LogP contribution is 2.13. The Hall–Kier alpha value is -2.49. The van der Waals surface area contributed by atoms with E-state index in [-0.39, 0.29) is 0 Å². The summed E-state index contributed by atoms with van der Waals surface area (Å²) >= 11 is 0. The summed E-state index contributed by atoms with van der Waals surface area (Å²) in [6.45, 7) is 0.778. The highest BCUT2D eigenvalue weighted by Gasteiger charge is 2.11. The minimum Gasteiger partial charge on any atom is -0.492 e. The van der Waals surface area contributed by atoms with Gasteiger partial charge < -0.3 is 10.5 Å². The summed E-state index contributed by atoms with van der Waals surface area (Å²) in [5.74, 6) is 0.747. The van der Waals surface area contributed by atoms with Crippen LogP contribution >= 0.6 is 0 Å². The zero-order chi connectivity index (χ0) is 13.5. The lowest BCUT2D eigenvalue weighted by atomic mass is 10.3. The molecule has 0 spiro atoms. The van der Waals surface area contributed by atoms with E-state index in [9.17, 15) is 4.79 Å². The van der Waals surface area contributed by atoms with Gasteiger partial charge in [-0.1, -0.05) is 30.3 Å². The fourth-order valence-corrected chi connectivity index (χ4v) is 1.70. The van der Waals surface area contributed by atoms with Gasteiger partial charge in [0.2, 0.25) is 0 Å². The smallest absolute Gasteiger partial charge is 0.319 e. The van der Waals surface area contributed by atoms with Gasteiger partial charge in [-0.05, 0) is 30.3 Å². The molecule has 0 aliphatic heterocycles. The molecule has 0 aliphatic rings. The van der Waals surface area contributed by atoms with Crippen molar-refractivity contribution >= 4 is 11.7 Å². The Morgan fingerprint density at radius 3 is 2.47 bits per heavy atom. The van der Waals surface area contributed by atoms with Gasteiger partial charge in [0.25, 0.3) is 0 Å². The molecule has 97 valence electrons. The van der Waals surface area contributed by atoms with E-state index in [0.29, 0.717) is 13.2 Å². The molecule has 0 aliphatic carbocycles. The molecule has 1 radical (unpaired) electrons. The molecule has 0 saturated heterocycles. The third-order valence-electron chi connectivity index (χ3n) is 2.61. The quantitative estimate of drug-likeness (QED) is 0.892. The average molecular weight is 255 g/mol. The second-order valence-electron chi connectivity index (χ2n) is 3.91. The number of nitrogens with zero attached hydrogens (tertiary/aromatic N) is 1. The van der Waals surface area contributed by atoms with Crippen LogP contribution in [-0.4, -0.2) is 19.2 Å². The summed E-state index contributed by atoms with van der Waals surface area (Å²) in [4.78, 5) is 12.9. The number of primary amides is 1. The number of rotatable bonds is 5. The van der Waals surface area contributed by atoms with E-state index in [0.717, 1.165) is 11.4 Å². The molecule has 0 aromatic heterocycles. The first-order chi connectivity index (χ1) is 9.27. The maximum atomic E-state index is 11.4. The summed E-state index contributed by atoms with van der Waals surface area (Å²) in [6.07, 6.45) is 0. The predicted octanol–water partition coefficient (Wildman–Crippen LogP) is 2.45. The lowest BCUT2D eigenvalue weighted by Crippen LogP contribution is -2.38. The van der Waals surface area contributed by atoms with E-state index in [2.05, 4.69) is 6.07 Å². The molecule has 2 amide bonds. The lowest BCUT2D eigenvalue weighted by Gasteiger charge is -2.20. The molecule has 2 aromatic carbocycles. The van der Waals surface area contributed by atoms with Crippen molar-refractivity contribution in [3.63, 3.8) is 0 Å². The second-order valence-corrected chi connectivity index (χ2v) is 3.91. The molecule has 0 unspecified atom stereocenters. The van der Waals surface area contributed by atoms with Crippen LogP contribution in [0.4, 0.5) is 10.5 Å². The normalized spacial score (nSPS) is 9.89. The van der Waals surface area contributed by atoms with Gasteiger partial charge in [0, 0.05) is 5.69 Å². The molecule has 0 fully saturated rings. The van der Waals surface area contributed by atoms with Gasteiger partial charge in [-0.2, -0.15) is 0 Å². The molecule has 2 rings (SSSR count). The first-order valence-electron chi connectivity index (χ1n) is 5.98. The van der Waals surface area contributed by atoms with Crippen molar-refractivity contribution in [3.05, 3.63) is 60.7 Å². The van der Waals surface area contributed by atoms with E-state index >= 15 is 0 Å². The average Bonchev–Trinajstić information content (AvgIpc) is 2.45. The summed E-state index contributed by atoms with van der Waals surface area (Å²) in [6, 6.07) is 18.9. The third-order valence-corrected chi connectivity index (χ3v) is 2.61. The van der Waals surface area contributed by atoms with Gasteiger partial charge in [-0.3, -0.25) is 4.90 Å². The van der Waals surface area contributed by atoms with Crippen molar-refractivity contribution in [3.8, 4) is 5.75 Å². The van der Waals surface area contributed by atoms with Crippen LogP contribution in [0.15, 0.2) is 54.6 Å². The minimum absolute atomic E-state index is 0.377. The molecule has 4 heteroatoms.